The van der Waals surface area contributed by atoms with Crippen molar-refractivity contribution in [1.82, 2.24) is 24.4 Å². The van der Waals surface area contributed by atoms with Crippen LogP contribution in [0.25, 0.3) is 11.2 Å². The van der Waals surface area contributed by atoms with Gasteiger partial charge in [0.05, 0.1) is 0 Å². The molecule has 0 aliphatic carbocycles. The number of nitrogens with one attached hydrogen (secondary N) is 2. The summed E-state index contributed by atoms with van der Waals surface area (Å²) in [7, 11) is 0. The molecule has 0 fully saturated rings. The fourth-order valence-electron chi connectivity index (χ4n) is 3.54. The van der Waals surface area contributed by atoms with E-state index in [2.05, 4.69) is 22.2 Å². The number of aryl methyl sites for hydroxylation is 1. The second-order valence-corrected chi connectivity index (χ2v) is 8.41. The summed E-state index contributed by atoms with van der Waals surface area (Å²) in [6.45, 7) is 3.12. The summed E-state index contributed by atoms with van der Waals surface area (Å²) < 4.78 is 2.70. The van der Waals surface area contributed by atoms with Crippen LogP contribution in [-0.2, 0) is 24.4 Å². The summed E-state index contributed by atoms with van der Waals surface area (Å²) in [5.74, 6) is -0.106. The van der Waals surface area contributed by atoms with E-state index in [1.165, 1.54) is 9.13 Å². The Morgan fingerprint density at radius 3 is 2.53 bits per heavy atom. The molecule has 0 aliphatic rings. The van der Waals surface area contributed by atoms with Crippen molar-refractivity contribution in [3.05, 3.63) is 61.0 Å². The number of aromatic amines is 1. The Bertz CT molecular complexity index is 1200. The third-order valence-corrected chi connectivity index (χ3v) is 5.83. The van der Waals surface area contributed by atoms with Gasteiger partial charge in [-0.05, 0) is 42.5 Å². The van der Waals surface area contributed by atoms with Crippen LogP contribution in [0.5, 0.6) is 0 Å². The van der Waals surface area contributed by atoms with Crippen molar-refractivity contribution in [3.8, 4) is 0 Å². The van der Waals surface area contributed by atoms with Gasteiger partial charge in [-0.3, -0.25) is 18.7 Å². The van der Waals surface area contributed by atoms with Gasteiger partial charge < -0.3 is 10.3 Å². The third kappa shape index (κ3) is 5.81. The monoisotopic (exact) mass is 479 g/mol. The topological polar surface area (TPSA) is 102 Å². The van der Waals surface area contributed by atoms with Crippen LogP contribution < -0.4 is 16.6 Å². The number of hydrogen-bond donors (Lipinski definition) is 2. The summed E-state index contributed by atoms with van der Waals surface area (Å²) in [6.07, 6.45) is 4.13. The number of fused-ring (bicyclic) bond motifs is 1. The first-order valence-corrected chi connectivity index (χ1v) is 11.6. The van der Waals surface area contributed by atoms with Gasteiger partial charge in [0.15, 0.2) is 11.2 Å². The first-order chi connectivity index (χ1) is 15.4. The van der Waals surface area contributed by atoms with Crippen LogP contribution in [0.4, 0.5) is 0 Å². The molecule has 2 N–H and O–H groups in total. The van der Waals surface area contributed by atoms with E-state index < -0.39 is 11.2 Å². The lowest BCUT2D eigenvalue weighted by Crippen LogP contribution is -2.40. The molecule has 8 nitrogen and oxygen atoms in total. The van der Waals surface area contributed by atoms with Gasteiger partial charge >= 0.3 is 5.69 Å². The summed E-state index contributed by atoms with van der Waals surface area (Å²) in [5.41, 5.74) is 0.522. The van der Waals surface area contributed by atoms with Gasteiger partial charge in [-0.15, -0.1) is 0 Å². The lowest BCUT2D eigenvalue weighted by molar-refractivity contribution is -0.121. The number of halogens is 2. The zero-order chi connectivity index (χ0) is 23.1. The molecule has 10 heteroatoms. The number of carbonyl (C=O) groups excluding carboxylic acids is 1. The van der Waals surface area contributed by atoms with Crippen molar-refractivity contribution in [2.75, 3.05) is 0 Å². The summed E-state index contributed by atoms with van der Waals surface area (Å²) in [6, 6.07) is 7.34. The standard InChI is InChI=1S/C22H27Cl2N5O3/c1-2-3-7-12-28-19-18(26-21(24)27-19)20(31)29(22(28)32)13-8-6-11-17(30)25-14-15-9-4-5-10-16(15)23/h4-5,9-10H,2-3,6-8,11-14H2,1H3,(H,25,30)(H,26,27). The summed E-state index contributed by atoms with van der Waals surface area (Å²) in [5, 5.41) is 3.53. The molecule has 0 saturated heterocycles. The van der Waals surface area contributed by atoms with Crippen molar-refractivity contribution in [2.45, 2.75) is 65.1 Å². The average Bonchev–Trinajstić information content (AvgIpc) is 3.16. The molecule has 3 rings (SSSR count). The highest BCUT2D eigenvalue weighted by atomic mass is 35.5. The SMILES string of the molecule is CCCCCn1c(=O)n(CCCCC(=O)NCc2ccccc2Cl)c(=O)c2[nH]c(Cl)nc21. The van der Waals surface area contributed by atoms with E-state index in [1.807, 2.05) is 18.2 Å². The number of unbranched alkanes of at least 4 members (excludes halogenated alkanes) is 3. The highest BCUT2D eigenvalue weighted by Crippen LogP contribution is 2.14. The predicted octanol–water partition coefficient (Wildman–Crippen LogP) is 3.87. The van der Waals surface area contributed by atoms with E-state index in [0.717, 1.165) is 24.8 Å². The maximum absolute atomic E-state index is 13.0. The van der Waals surface area contributed by atoms with Crippen LogP contribution in [-0.4, -0.2) is 25.0 Å². The van der Waals surface area contributed by atoms with Crippen molar-refractivity contribution >= 4 is 40.3 Å². The highest BCUT2D eigenvalue weighted by molar-refractivity contribution is 6.31. The van der Waals surface area contributed by atoms with E-state index in [-0.39, 0.29) is 28.9 Å². The van der Waals surface area contributed by atoms with Crippen LogP contribution >= 0.6 is 23.2 Å². The quantitative estimate of drug-likeness (QED) is 0.321. The summed E-state index contributed by atoms with van der Waals surface area (Å²) >= 11 is 12.1. The predicted molar refractivity (Wildman–Crippen MR) is 126 cm³/mol. The average molecular weight is 480 g/mol. The minimum atomic E-state index is -0.445. The second kappa shape index (κ2) is 11.3. The van der Waals surface area contributed by atoms with Crippen LogP contribution in [0, 0.1) is 0 Å². The van der Waals surface area contributed by atoms with Gasteiger partial charge in [-0.25, -0.2) is 4.79 Å². The Labute approximate surface area is 195 Å². The van der Waals surface area contributed by atoms with Gasteiger partial charge in [0.2, 0.25) is 11.2 Å². The number of hydrogen-bond acceptors (Lipinski definition) is 4. The van der Waals surface area contributed by atoms with Crippen molar-refractivity contribution in [2.24, 2.45) is 0 Å². The van der Waals surface area contributed by atoms with Crippen molar-refractivity contribution in [1.29, 1.82) is 0 Å². The number of nitrogens with zero attached hydrogens (tertiary/aromatic N) is 3. The molecule has 3 aromatic rings. The van der Waals surface area contributed by atoms with E-state index in [4.69, 9.17) is 23.2 Å². The first-order valence-electron chi connectivity index (χ1n) is 10.8. The van der Waals surface area contributed by atoms with Crippen molar-refractivity contribution < 1.29 is 4.79 Å². The lowest BCUT2D eigenvalue weighted by atomic mass is 10.2. The molecular weight excluding hydrogens is 453 g/mol. The van der Waals surface area contributed by atoms with E-state index in [9.17, 15) is 14.4 Å². The minimum Gasteiger partial charge on any atom is -0.352 e. The number of benzene rings is 1. The molecule has 32 heavy (non-hydrogen) atoms. The second-order valence-electron chi connectivity index (χ2n) is 7.65. The largest absolute Gasteiger partial charge is 0.352 e. The van der Waals surface area contributed by atoms with Gasteiger partial charge in [-0.1, -0.05) is 49.6 Å². The molecule has 2 aromatic heterocycles. The fourth-order valence-corrected chi connectivity index (χ4v) is 3.91. The maximum Gasteiger partial charge on any atom is 0.332 e. The van der Waals surface area contributed by atoms with Crippen LogP contribution in [0.3, 0.4) is 0 Å². The Hall–Kier alpha value is -2.58. The molecule has 0 atom stereocenters. The van der Waals surface area contributed by atoms with Crippen LogP contribution in [0.15, 0.2) is 33.9 Å². The number of aromatic nitrogens is 4. The molecule has 0 unspecified atom stereocenters. The van der Waals surface area contributed by atoms with E-state index >= 15 is 0 Å². The molecule has 0 saturated carbocycles. The van der Waals surface area contributed by atoms with E-state index in [0.29, 0.717) is 37.4 Å². The number of imidazole rings is 1. The number of rotatable bonds is 11. The molecular formula is C22H27Cl2N5O3. The molecule has 0 aliphatic heterocycles. The zero-order valence-corrected chi connectivity index (χ0v) is 19.5. The Morgan fingerprint density at radius 1 is 1.06 bits per heavy atom. The van der Waals surface area contributed by atoms with Crippen molar-refractivity contribution in [3.63, 3.8) is 0 Å². The Kier molecular flexibility index (Phi) is 8.53. The third-order valence-electron chi connectivity index (χ3n) is 5.29. The lowest BCUT2D eigenvalue weighted by Gasteiger charge is -2.11. The molecule has 1 amide bonds. The molecule has 1 aromatic carbocycles. The van der Waals surface area contributed by atoms with Gasteiger partial charge in [0.25, 0.3) is 5.56 Å². The molecule has 2 heterocycles. The van der Waals surface area contributed by atoms with E-state index in [1.54, 1.807) is 6.07 Å². The first kappa shape index (κ1) is 24.1. The number of amides is 1. The highest BCUT2D eigenvalue weighted by Gasteiger charge is 2.16. The smallest absolute Gasteiger partial charge is 0.332 e. The minimum absolute atomic E-state index is 0.0775. The molecule has 0 spiro atoms. The van der Waals surface area contributed by atoms with Crippen LogP contribution in [0.2, 0.25) is 10.3 Å². The normalized spacial score (nSPS) is 11.2. The zero-order valence-electron chi connectivity index (χ0n) is 18.0. The van der Waals surface area contributed by atoms with Crippen LogP contribution in [0.1, 0.15) is 51.0 Å². The molecule has 0 radical (unpaired) electrons. The number of carbonyl (C=O) groups is 1. The molecule has 0 bridgehead atoms. The summed E-state index contributed by atoms with van der Waals surface area (Å²) in [4.78, 5) is 44.8. The Balaban J connectivity index is 1.62. The maximum atomic E-state index is 13.0. The van der Waals surface area contributed by atoms with Gasteiger partial charge in [0.1, 0.15) is 0 Å². The molecule has 172 valence electrons. The van der Waals surface area contributed by atoms with Gasteiger partial charge in [-0.2, -0.15) is 4.98 Å². The number of H-pyrrole nitrogens is 1. The van der Waals surface area contributed by atoms with Gasteiger partial charge in [0, 0.05) is 31.1 Å². The fraction of sp³-hybridized carbons (Fsp3) is 0.455. The Morgan fingerprint density at radius 2 is 1.78 bits per heavy atom.